The van der Waals surface area contributed by atoms with E-state index in [4.69, 9.17) is 4.74 Å². The van der Waals surface area contributed by atoms with Gasteiger partial charge in [-0.3, -0.25) is 4.68 Å². The van der Waals surface area contributed by atoms with E-state index in [0.717, 1.165) is 16.6 Å². The quantitative estimate of drug-likeness (QED) is 0.800. The highest BCUT2D eigenvalue weighted by atomic mass is 79.9. The molecule has 0 aliphatic carbocycles. The van der Waals surface area contributed by atoms with Crippen molar-refractivity contribution in [3.8, 4) is 0 Å². The van der Waals surface area contributed by atoms with Gasteiger partial charge in [0.1, 0.15) is 12.4 Å². The van der Waals surface area contributed by atoms with Crippen LogP contribution in [-0.4, -0.2) is 22.6 Å². The van der Waals surface area contributed by atoms with Crippen molar-refractivity contribution in [1.29, 1.82) is 0 Å². The van der Waals surface area contributed by atoms with Crippen LogP contribution in [0.5, 0.6) is 0 Å². The van der Waals surface area contributed by atoms with Crippen LogP contribution >= 0.6 is 15.9 Å². The molecular weight excluding hydrogens is 263 g/mol. The van der Waals surface area contributed by atoms with Gasteiger partial charge in [-0.25, -0.2) is 4.39 Å². The van der Waals surface area contributed by atoms with Gasteiger partial charge < -0.3 is 4.74 Å². The van der Waals surface area contributed by atoms with Gasteiger partial charge in [0.15, 0.2) is 0 Å². The second-order valence-corrected chi connectivity index (χ2v) is 4.26. The average Bonchev–Trinajstić information content (AvgIpc) is 2.56. The van der Waals surface area contributed by atoms with Crippen molar-refractivity contribution in [3.05, 3.63) is 16.4 Å². The standard InChI is InChI=1S/C10H16BrFN2O/c1-3-8(2)15-7-10-9(11)6-14(13-10)5-4-12/h6,8H,3-5,7H2,1-2H3/t8-/m1/s1. The van der Waals surface area contributed by atoms with Crippen LogP contribution in [0, 0.1) is 0 Å². The third-order valence-corrected chi connectivity index (χ3v) is 2.84. The highest BCUT2D eigenvalue weighted by molar-refractivity contribution is 9.10. The summed E-state index contributed by atoms with van der Waals surface area (Å²) in [6.07, 6.45) is 2.97. The van der Waals surface area contributed by atoms with E-state index < -0.39 is 6.67 Å². The minimum Gasteiger partial charge on any atom is -0.372 e. The maximum Gasteiger partial charge on any atom is 0.109 e. The lowest BCUT2D eigenvalue weighted by molar-refractivity contribution is 0.0482. The zero-order valence-corrected chi connectivity index (χ0v) is 10.6. The van der Waals surface area contributed by atoms with Crippen LogP contribution in [0.1, 0.15) is 26.0 Å². The Kier molecular flexibility index (Phi) is 5.25. The highest BCUT2D eigenvalue weighted by Crippen LogP contribution is 2.16. The van der Waals surface area contributed by atoms with Crippen molar-refractivity contribution in [2.75, 3.05) is 6.67 Å². The van der Waals surface area contributed by atoms with Gasteiger partial charge in [0, 0.05) is 6.20 Å². The van der Waals surface area contributed by atoms with Crippen LogP contribution in [0.4, 0.5) is 4.39 Å². The number of hydrogen-bond donors (Lipinski definition) is 0. The maximum absolute atomic E-state index is 12.1. The molecule has 0 aliphatic rings. The number of aromatic nitrogens is 2. The smallest absolute Gasteiger partial charge is 0.109 e. The Hall–Kier alpha value is -0.420. The zero-order valence-electron chi connectivity index (χ0n) is 9.04. The summed E-state index contributed by atoms with van der Waals surface area (Å²) in [7, 11) is 0. The molecule has 1 aromatic heterocycles. The fraction of sp³-hybridized carbons (Fsp3) is 0.700. The van der Waals surface area contributed by atoms with Gasteiger partial charge in [0.25, 0.3) is 0 Å². The van der Waals surface area contributed by atoms with Gasteiger partial charge in [-0.1, -0.05) is 6.92 Å². The molecule has 86 valence electrons. The predicted octanol–water partition coefficient (Wildman–Crippen LogP) is 2.93. The molecule has 0 N–H and O–H groups in total. The summed E-state index contributed by atoms with van der Waals surface area (Å²) in [5.74, 6) is 0. The SMILES string of the molecule is CC[C@@H](C)OCc1nn(CCF)cc1Br. The van der Waals surface area contributed by atoms with E-state index in [-0.39, 0.29) is 6.10 Å². The summed E-state index contributed by atoms with van der Waals surface area (Å²) < 4.78 is 20.1. The van der Waals surface area contributed by atoms with Crippen molar-refractivity contribution in [3.63, 3.8) is 0 Å². The summed E-state index contributed by atoms with van der Waals surface area (Å²) in [6, 6.07) is 0. The molecule has 3 nitrogen and oxygen atoms in total. The van der Waals surface area contributed by atoms with Gasteiger partial charge in [-0.15, -0.1) is 0 Å². The first-order chi connectivity index (χ1) is 7.17. The van der Waals surface area contributed by atoms with E-state index in [1.807, 2.05) is 6.92 Å². The molecule has 0 radical (unpaired) electrons. The number of halogens is 2. The number of nitrogens with zero attached hydrogens (tertiary/aromatic N) is 2. The summed E-state index contributed by atoms with van der Waals surface area (Å²) in [6.45, 7) is 4.45. The Bertz CT molecular complexity index is 304. The normalized spacial score (nSPS) is 13.1. The summed E-state index contributed by atoms with van der Waals surface area (Å²) in [5, 5.41) is 4.21. The van der Waals surface area contributed by atoms with E-state index in [1.54, 1.807) is 10.9 Å². The second-order valence-electron chi connectivity index (χ2n) is 3.41. The molecular formula is C10H16BrFN2O. The molecule has 15 heavy (non-hydrogen) atoms. The molecule has 1 atom stereocenters. The van der Waals surface area contributed by atoms with Crippen LogP contribution < -0.4 is 0 Å². The molecule has 0 bridgehead atoms. The average molecular weight is 279 g/mol. The number of hydrogen-bond acceptors (Lipinski definition) is 2. The largest absolute Gasteiger partial charge is 0.372 e. The number of ether oxygens (including phenoxy) is 1. The van der Waals surface area contributed by atoms with Gasteiger partial charge in [-0.05, 0) is 29.3 Å². The number of aryl methyl sites for hydroxylation is 1. The van der Waals surface area contributed by atoms with E-state index in [9.17, 15) is 4.39 Å². The first kappa shape index (κ1) is 12.6. The van der Waals surface area contributed by atoms with E-state index in [1.165, 1.54) is 0 Å². The van der Waals surface area contributed by atoms with Gasteiger partial charge in [-0.2, -0.15) is 5.10 Å². The van der Waals surface area contributed by atoms with Crippen LogP contribution in [0.3, 0.4) is 0 Å². The fourth-order valence-corrected chi connectivity index (χ4v) is 1.51. The lowest BCUT2D eigenvalue weighted by atomic mass is 10.3. The first-order valence-corrected chi connectivity index (χ1v) is 5.86. The minimum absolute atomic E-state index is 0.225. The molecule has 5 heteroatoms. The molecule has 0 fully saturated rings. The van der Waals surface area contributed by atoms with Crippen LogP contribution in [0.25, 0.3) is 0 Å². The molecule has 0 saturated carbocycles. The first-order valence-electron chi connectivity index (χ1n) is 5.06. The zero-order chi connectivity index (χ0) is 11.3. The Morgan fingerprint density at radius 2 is 2.40 bits per heavy atom. The molecule has 0 unspecified atom stereocenters. The topological polar surface area (TPSA) is 27.1 Å². The van der Waals surface area contributed by atoms with Crippen molar-refractivity contribution in [1.82, 2.24) is 9.78 Å². The predicted molar refractivity (Wildman–Crippen MR) is 60.4 cm³/mol. The molecule has 0 aromatic carbocycles. The van der Waals surface area contributed by atoms with Crippen molar-refractivity contribution >= 4 is 15.9 Å². The van der Waals surface area contributed by atoms with Gasteiger partial charge in [0.2, 0.25) is 0 Å². The third-order valence-electron chi connectivity index (χ3n) is 2.18. The molecule has 1 heterocycles. The van der Waals surface area contributed by atoms with Crippen molar-refractivity contribution in [2.24, 2.45) is 0 Å². The monoisotopic (exact) mass is 278 g/mol. The molecule has 0 spiro atoms. The van der Waals surface area contributed by atoms with Gasteiger partial charge in [0.05, 0.1) is 23.7 Å². The van der Waals surface area contributed by atoms with Gasteiger partial charge >= 0.3 is 0 Å². The maximum atomic E-state index is 12.1. The second kappa shape index (κ2) is 6.23. The van der Waals surface area contributed by atoms with Crippen LogP contribution in [0.2, 0.25) is 0 Å². The Morgan fingerprint density at radius 1 is 1.67 bits per heavy atom. The van der Waals surface area contributed by atoms with Crippen LogP contribution in [0.15, 0.2) is 10.7 Å². The lowest BCUT2D eigenvalue weighted by Crippen LogP contribution is -2.07. The van der Waals surface area contributed by atoms with E-state index in [2.05, 4.69) is 28.0 Å². The fourth-order valence-electron chi connectivity index (χ4n) is 1.08. The summed E-state index contributed by atoms with van der Waals surface area (Å²) >= 11 is 3.37. The Balaban J connectivity index is 2.53. The molecule has 0 amide bonds. The van der Waals surface area contributed by atoms with E-state index >= 15 is 0 Å². The van der Waals surface area contributed by atoms with E-state index in [0.29, 0.717) is 13.2 Å². The van der Waals surface area contributed by atoms with Crippen molar-refractivity contribution < 1.29 is 9.13 Å². The molecule has 0 aliphatic heterocycles. The lowest BCUT2D eigenvalue weighted by Gasteiger charge is -2.08. The van der Waals surface area contributed by atoms with Crippen molar-refractivity contribution in [2.45, 2.75) is 39.5 Å². The summed E-state index contributed by atoms with van der Waals surface area (Å²) in [4.78, 5) is 0. The molecule has 1 aromatic rings. The number of alkyl halides is 1. The third kappa shape index (κ3) is 3.91. The number of rotatable bonds is 6. The summed E-state index contributed by atoms with van der Waals surface area (Å²) in [5.41, 5.74) is 0.823. The highest BCUT2D eigenvalue weighted by Gasteiger charge is 2.08. The Labute approximate surface area is 97.7 Å². The van der Waals surface area contributed by atoms with Crippen LogP contribution in [-0.2, 0) is 17.9 Å². The Morgan fingerprint density at radius 3 is 3.00 bits per heavy atom. The minimum atomic E-state index is -0.403. The molecule has 0 saturated heterocycles. The molecule has 1 rings (SSSR count).